The molecule has 2 heterocycles. The van der Waals surface area contributed by atoms with Crippen LogP contribution in [0.3, 0.4) is 0 Å². The van der Waals surface area contributed by atoms with Gasteiger partial charge in [-0.1, -0.05) is 0 Å². The molecule has 1 saturated heterocycles. The maximum atomic E-state index is 5.35. The number of hydrogen-bond acceptors (Lipinski definition) is 3. The number of aryl methyl sites for hydroxylation is 3. The van der Waals surface area contributed by atoms with E-state index in [1.54, 1.807) is 0 Å². The Balaban J connectivity index is 1.58. The van der Waals surface area contributed by atoms with E-state index in [0.29, 0.717) is 0 Å². The van der Waals surface area contributed by atoms with E-state index < -0.39 is 0 Å². The van der Waals surface area contributed by atoms with Crippen molar-refractivity contribution in [3.8, 4) is 0 Å². The van der Waals surface area contributed by atoms with Gasteiger partial charge in [-0.15, -0.1) is 0 Å². The van der Waals surface area contributed by atoms with Crippen molar-refractivity contribution >= 4 is 0 Å². The van der Waals surface area contributed by atoms with E-state index in [0.717, 1.165) is 50.9 Å². The van der Waals surface area contributed by atoms with Gasteiger partial charge in [0.2, 0.25) is 0 Å². The summed E-state index contributed by atoms with van der Waals surface area (Å²) >= 11 is 0. The summed E-state index contributed by atoms with van der Waals surface area (Å²) in [6.07, 6.45) is 2.35. The second kappa shape index (κ2) is 6.17. The van der Waals surface area contributed by atoms with Gasteiger partial charge in [0.05, 0.1) is 12.3 Å². The standard InChI is InChI=1S/C13H23N3O/c1-11-8-12(2)16(15-11)6-3-5-14-9-13-4-7-17-10-13/h8,13-14H,3-7,9-10H2,1-2H3. The summed E-state index contributed by atoms with van der Waals surface area (Å²) in [7, 11) is 0. The second-order valence-corrected chi connectivity index (χ2v) is 4.94. The number of nitrogens with one attached hydrogen (secondary N) is 1. The van der Waals surface area contributed by atoms with Crippen LogP contribution in [0.2, 0.25) is 0 Å². The van der Waals surface area contributed by atoms with Crippen LogP contribution in [0.4, 0.5) is 0 Å². The fourth-order valence-corrected chi connectivity index (χ4v) is 2.31. The summed E-state index contributed by atoms with van der Waals surface area (Å²) in [6, 6.07) is 2.13. The molecule has 0 aromatic carbocycles. The van der Waals surface area contributed by atoms with Crippen LogP contribution in [0, 0.1) is 19.8 Å². The fraction of sp³-hybridized carbons (Fsp3) is 0.769. The van der Waals surface area contributed by atoms with Gasteiger partial charge in [0.15, 0.2) is 0 Å². The van der Waals surface area contributed by atoms with Gasteiger partial charge in [-0.05, 0) is 45.2 Å². The molecule has 1 aromatic rings. The summed E-state index contributed by atoms with van der Waals surface area (Å²) in [5, 5.41) is 7.96. The van der Waals surface area contributed by atoms with E-state index in [2.05, 4.69) is 28.1 Å². The van der Waals surface area contributed by atoms with Crippen molar-refractivity contribution < 1.29 is 4.74 Å². The average Bonchev–Trinajstić information content (AvgIpc) is 2.89. The zero-order chi connectivity index (χ0) is 12.1. The Morgan fingerprint density at radius 1 is 1.53 bits per heavy atom. The van der Waals surface area contributed by atoms with E-state index in [1.165, 1.54) is 12.1 Å². The first-order valence-electron chi connectivity index (χ1n) is 6.55. The Morgan fingerprint density at radius 3 is 3.06 bits per heavy atom. The Kier molecular flexibility index (Phi) is 4.57. The van der Waals surface area contributed by atoms with Gasteiger partial charge in [0, 0.05) is 25.4 Å². The normalized spacial score (nSPS) is 20.0. The maximum Gasteiger partial charge on any atom is 0.0596 e. The molecule has 1 aliphatic heterocycles. The molecule has 1 aliphatic rings. The van der Waals surface area contributed by atoms with E-state index in [1.807, 2.05) is 6.92 Å². The van der Waals surface area contributed by atoms with Crippen LogP contribution in [-0.4, -0.2) is 36.1 Å². The van der Waals surface area contributed by atoms with Crippen molar-refractivity contribution in [2.75, 3.05) is 26.3 Å². The molecular formula is C13H23N3O. The molecule has 4 heteroatoms. The third-order valence-corrected chi connectivity index (χ3v) is 3.28. The van der Waals surface area contributed by atoms with Crippen LogP contribution in [0.25, 0.3) is 0 Å². The highest BCUT2D eigenvalue weighted by molar-refractivity contribution is 5.06. The number of nitrogens with zero attached hydrogens (tertiary/aromatic N) is 2. The summed E-state index contributed by atoms with van der Waals surface area (Å²) in [5.74, 6) is 0.726. The second-order valence-electron chi connectivity index (χ2n) is 4.94. The summed E-state index contributed by atoms with van der Waals surface area (Å²) in [6.45, 7) is 9.20. The Morgan fingerprint density at radius 2 is 2.41 bits per heavy atom. The van der Waals surface area contributed by atoms with Crippen LogP contribution in [0.15, 0.2) is 6.07 Å². The molecule has 0 bridgehead atoms. The van der Waals surface area contributed by atoms with E-state index in [-0.39, 0.29) is 0 Å². The lowest BCUT2D eigenvalue weighted by molar-refractivity contribution is 0.185. The number of hydrogen-bond donors (Lipinski definition) is 1. The monoisotopic (exact) mass is 237 g/mol. The predicted molar refractivity (Wildman–Crippen MR) is 68.1 cm³/mol. The van der Waals surface area contributed by atoms with Crippen molar-refractivity contribution in [1.29, 1.82) is 0 Å². The molecule has 96 valence electrons. The quantitative estimate of drug-likeness (QED) is 0.762. The molecule has 4 nitrogen and oxygen atoms in total. The number of ether oxygens (including phenoxy) is 1. The van der Waals surface area contributed by atoms with E-state index in [4.69, 9.17) is 4.74 Å². The minimum atomic E-state index is 0.726. The molecule has 1 fully saturated rings. The first-order chi connectivity index (χ1) is 8.25. The van der Waals surface area contributed by atoms with E-state index in [9.17, 15) is 0 Å². The smallest absolute Gasteiger partial charge is 0.0596 e. The fourth-order valence-electron chi connectivity index (χ4n) is 2.31. The third-order valence-electron chi connectivity index (χ3n) is 3.28. The van der Waals surface area contributed by atoms with Gasteiger partial charge in [-0.2, -0.15) is 5.10 Å². The van der Waals surface area contributed by atoms with Crippen LogP contribution >= 0.6 is 0 Å². The summed E-state index contributed by atoms with van der Waals surface area (Å²) < 4.78 is 7.44. The molecule has 1 atom stereocenters. The molecule has 0 saturated carbocycles. The first-order valence-corrected chi connectivity index (χ1v) is 6.55. The lowest BCUT2D eigenvalue weighted by atomic mass is 10.1. The zero-order valence-electron chi connectivity index (χ0n) is 10.9. The molecule has 17 heavy (non-hydrogen) atoms. The van der Waals surface area contributed by atoms with Gasteiger partial charge in [-0.25, -0.2) is 0 Å². The molecule has 0 aliphatic carbocycles. The summed E-state index contributed by atoms with van der Waals surface area (Å²) in [5.41, 5.74) is 2.37. The molecular weight excluding hydrogens is 214 g/mol. The van der Waals surface area contributed by atoms with Crippen molar-refractivity contribution in [1.82, 2.24) is 15.1 Å². The minimum Gasteiger partial charge on any atom is -0.381 e. The maximum absolute atomic E-state index is 5.35. The molecule has 0 radical (unpaired) electrons. The number of aromatic nitrogens is 2. The van der Waals surface area contributed by atoms with Gasteiger partial charge in [0.1, 0.15) is 0 Å². The zero-order valence-corrected chi connectivity index (χ0v) is 10.9. The molecule has 2 rings (SSSR count). The molecule has 0 amide bonds. The summed E-state index contributed by atoms with van der Waals surface area (Å²) in [4.78, 5) is 0. The molecule has 0 spiro atoms. The SMILES string of the molecule is Cc1cc(C)n(CCCNCC2CCOC2)n1. The van der Waals surface area contributed by atoms with Crippen LogP contribution in [0.5, 0.6) is 0 Å². The van der Waals surface area contributed by atoms with Crippen molar-refractivity contribution in [3.63, 3.8) is 0 Å². The van der Waals surface area contributed by atoms with Gasteiger partial charge in [-0.3, -0.25) is 4.68 Å². The largest absolute Gasteiger partial charge is 0.381 e. The Bertz CT molecular complexity index is 342. The topological polar surface area (TPSA) is 39.1 Å². The average molecular weight is 237 g/mol. The van der Waals surface area contributed by atoms with Crippen molar-refractivity contribution in [2.24, 2.45) is 5.92 Å². The highest BCUT2D eigenvalue weighted by Crippen LogP contribution is 2.10. The van der Waals surface area contributed by atoms with Crippen LogP contribution in [0.1, 0.15) is 24.2 Å². The van der Waals surface area contributed by atoms with Crippen molar-refractivity contribution in [3.05, 3.63) is 17.5 Å². The van der Waals surface area contributed by atoms with Crippen LogP contribution in [-0.2, 0) is 11.3 Å². The molecule has 1 aromatic heterocycles. The Labute approximate surface area is 103 Å². The van der Waals surface area contributed by atoms with Gasteiger partial charge >= 0.3 is 0 Å². The van der Waals surface area contributed by atoms with Crippen molar-refractivity contribution in [2.45, 2.75) is 33.2 Å². The van der Waals surface area contributed by atoms with Gasteiger partial charge < -0.3 is 10.1 Å². The predicted octanol–water partition coefficient (Wildman–Crippen LogP) is 1.52. The molecule has 1 unspecified atom stereocenters. The highest BCUT2D eigenvalue weighted by Gasteiger charge is 2.14. The Hall–Kier alpha value is -0.870. The molecule has 1 N–H and O–H groups in total. The lowest BCUT2D eigenvalue weighted by Gasteiger charge is -2.09. The lowest BCUT2D eigenvalue weighted by Crippen LogP contribution is -2.24. The number of rotatable bonds is 6. The third kappa shape index (κ3) is 3.82. The highest BCUT2D eigenvalue weighted by atomic mass is 16.5. The van der Waals surface area contributed by atoms with E-state index >= 15 is 0 Å². The minimum absolute atomic E-state index is 0.726. The van der Waals surface area contributed by atoms with Gasteiger partial charge in [0.25, 0.3) is 0 Å². The van der Waals surface area contributed by atoms with Crippen LogP contribution < -0.4 is 5.32 Å². The first kappa shape index (κ1) is 12.6.